The minimum absolute atomic E-state index is 0.109. The maximum atomic E-state index is 12.9. The highest BCUT2D eigenvalue weighted by molar-refractivity contribution is 7.92. The number of nitrogens with one attached hydrogen (secondary N) is 1. The second-order valence-corrected chi connectivity index (χ2v) is 8.29. The molecular formula is C18H21ClN2O5S. The Kier molecular flexibility index (Phi) is 6.22. The Morgan fingerprint density at radius 3 is 2.22 bits per heavy atom. The molecule has 0 radical (unpaired) electrons. The number of carbonyl (C=O) groups is 1. The molecule has 2 aromatic rings. The summed E-state index contributed by atoms with van der Waals surface area (Å²) in [5, 5.41) is 3.23. The number of aryl methyl sites for hydroxylation is 1. The zero-order valence-corrected chi connectivity index (χ0v) is 17.2. The number of rotatable bonds is 6. The van der Waals surface area contributed by atoms with Crippen LogP contribution in [0.3, 0.4) is 0 Å². The van der Waals surface area contributed by atoms with Crippen molar-refractivity contribution < 1.29 is 22.7 Å². The number of anilines is 2. The molecule has 2 rings (SSSR count). The number of hydrogen-bond donors (Lipinski definition) is 1. The van der Waals surface area contributed by atoms with E-state index in [1.54, 1.807) is 18.2 Å². The topological polar surface area (TPSA) is 84.9 Å². The maximum Gasteiger partial charge on any atom is 0.257 e. The van der Waals surface area contributed by atoms with Gasteiger partial charge >= 0.3 is 0 Å². The minimum Gasteiger partial charge on any atom is -0.493 e. The molecule has 27 heavy (non-hydrogen) atoms. The van der Waals surface area contributed by atoms with Gasteiger partial charge in [-0.15, -0.1) is 0 Å². The van der Waals surface area contributed by atoms with Crippen molar-refractivity contribution in [2.24, 2.45) is 0 Å². The first-order chi connectivity index (χ1) is 12.6. The van der Waals surface area contributed by atoms with E-state index in [2.05, 4.69) is 5.32 Å². The van der Waals surface area contributed by atoms with E-state index in [4.69, 9.17) is 21.1 Å². The monoisotopic (exact) mass is 412 g/mol. The molecule has 0 aliphatic rings. The van der Waals surface area contributed by atoms with Crippen molar-refractivity contribution in [1.82, 2.24) is 0 Å². The molecule has 0 aromatic heterocycles. The molecule has 0 saturated heterocycles. The van der Waals surface area contributed by atoms with Gasteiger partial charge in [-0.05, 0) is 30.7 Å². The summed E-state index contributed by atoms with van der Waals surface area (Å²) in [6, 6.07) is 7.98. The van der Waals surface area contributed by atoms with Gasteiger partial charge in [0, 0.05) is 23.8 Å². The fourth-order valence-corrected chi connectivity index (χ4v) is 3.05. The van der Waals surface area contributed by atoms with E-state index in [1.807, 2.05) is 6.92 Å². The molecule has 1 amide bonds. The number of nitrogens with zero attached hydrogens (tertiary/aromatic N) is 1. The highest BCUT2D eigenvalue weighted by Gasteiger charge is 2.23. The van der Waals surface area contributed by atoms with Gasteiger partial charge in [-0.25, -0.2) is 8.42 Å². The molecule has 0 heterocycles. The lowest BCUT2D eigenvalue weighted by Gasteiger charge is -2.22. The Hall–Kier alpha value is -2.45. The predicted octanol–water partition coefficient (Wildman–Crippen LogP) is 3.31. The van der Waals surface area contributed by atoms with Gasteiger partial charge < -0.3 is 14.8 Å². The summed E-state index contributed by atoms with van der Waals surface area (Å²) >= 11 is 6.10. The van der Waals surface area contributed by atoms with Gasteiger partial charge in [-0.3, -0.25) is 9.10 Å². The summed E-state index contributed by atoms with van der Waals surface area (Å²) in [5.74, 6) is 0.0922. The SMILES string of the molecule is COc1cc(C(=O)Nc2ccc(C)c(Cl)c2)c(N(C)S(C)(=O)=O)cc1OC. The van der Waals surface area contributed by atoms with Crippen LogP contribution in [0, 0.1) is 6.92 Å². The van der Waals surface area contributed by atoms with Gasteiger partial charge in [0.1, 0.15) is 0 Å². The van der Waals surface area contributed by atoms with Crippen LogP contribution in [0.2, 0.25) is 5.02 Å². The van der Waals surface area contributed by atoms with E-state index >= 15 is 0 Å². The highest BCUT2D eigenvalue weighted by Crippen LogP contribution is 2.36. The molecule has 9 heteroatoms. The van der Waals surface area contributed by atoms with Crippen LogP contribution in [0.4, 0.5) is 11.4 Å². The van der Waals surface area contributed by atoms with Crippen LogP contribution in [-0.2, 0) is 10.0 Å². The van der Waals surface area contributed by atoms with Crippen molar-refractivity contribution in [2.45, 2.75) is 6.92 Å². The van der Waals surface area contributed by atoms with Gasteiger partial charge in [0.25, 0.3) is 5.91 Å². The average molecular weight is 413 g/mol. The van der Waals surface area contributed by atoms with E-state index in [1.165, 1.54) is 33.4 Å². The Bertz CT molecular complexity index is 976. The summed E-state index contributed by atoms with van der Waals surface area (Å²) in [4.78, 5) is 12.9. The van der Waals surface area contributed by atoms with Crippen molar-refractivity contribution in [3.8, 4) is 11.5 Å². The number of hydrogen-bond acceptors (Lipinski definition) is 5. The number of halogens is 1. The second-order valence-electron chi connectivity index (χ2n) is 5.87. The normalized spacial score (nSPS) is 11.0. The molecule has 1 N–H and O–H groups in total. The molecule has 0 aliphatic carbocycles. The van der Waals surface area contributed by atoms with Crippen LogP contribution in [0.15, 0.2) is 30.3 Å². The summed E-state index contributed by atoms with van der Waals surface area (Å²) in [6.45, 7) is 1.85. The molecular weight excluding hydrogens is 392 g/mol. The van der Waals surface area contributed by atoms with Crippen LogP contribution < -0.4 is 19.1 Å². The third kappa shape index (κ3) is 4.64. The summed E-state index contributed by atoms with van der Waals surface area (Å²) in [6.07, 6.45) is 1.05. The molecule has 0 aliphatic heterocycles. The van der Waals surface area contributed by atoms with Crippen LogP contribution >= 0.6 is 11.6 Å². The number of ether oxygens (including phenoxy) is 2. The first-order valence-electron chi connectivity index (χ1n) is 7.86. The van der Waals surface area contributed by atoms with Crippen molar-refractivity contribution in [1.29, 1.82) is 0 Å². The molecule has 0 spiro atoms. The first kappa shape index (κ1) is 20.9. The van der Waals surface area contributed by atoms with E-state index in [9.17, 15) is 13.2 Å². The Morgan fingerprint density at radius 1 is 1.11 bits per heavy atom. The summed E-state index contributed by atoms with van der Waals surface area (Å²) in [7, 11) is 0.608. The molecule has 0 fully saturated rings. The van der Waals surface area contributed by atoms with Crippen molar-refractivity contribution in [3.63, 3.8) is 0 Å². The molecule has 0 bridgehead atoms. The van der Waals surface area contributed by atoms with Crippen LogP contribution in [0.25, 0.3) is 0 Å². The quantitative estimate of drug-likeness (QED) is 0.786. The third-order valence-corrected chi connectivity index (χ3v) is 5.61. The van der Waals surface area contributed by atoms with Crippen LogP contribution in [0.1, 0.15) is 15.9 Å². The lowest BCUT2D eigenvalue weighted by Crippen LogP contribution is -2.28. The molecule has 0 unspecified atom stereocenters. The fraction of sp³-hybridized carbons (Fsp3) is 0.278. The van der Waals surface area contributed by atoms with Crippen molar-refractivity contribution >= 4 is 38.9 Å². The minimum atomic E-state index is -3.61. The number of carbonyl (C=O) groups excluding carboxylic acids is 1. The van der Waals surface area contributed by atoms with Gasteiger partial charge in [0.05, 0.1) is 31.7 Å². The highest BCUT2D eigenvalue weighted by atomic mass is 35.5. The number of amides is 1. The largest absolute Gasteiger partial charge is 0.493 e. The van der Waals surface area contributed by atoms with E-state index in [0.29, 0.717) is 22.2 Å². The van der Waals surface area contributed by atoms with Gasteiger partial charge in [-0.2, -0.15) is 0 Å². The van der Waals surface area contributed by atoms with Crippen molar-refractivity contribution in [2.75, 3.05) is 37.1 Å². The maximum absolute atomic E-state index is 12.9. The van der Waals surface area contributed by atoms with E-state index in [-0.39, 0.29) is 11.3 Å². The number of methoxy groups -OCH3 is 2. The predicted molar refractivity (Wildman–Crippen MR) is 107 cm³/mol. The Morgan fingerprint density at radius 2 is 1.70 bits per heavy atom. The molecule has 0 saturated carbocycles. The van der Waals surface area contributed by atoms with Crippen LogP contribution in [0.5, 0.6) is 11.5 Å². The Labute approximate surface area is 163 Å². The molecule has 7 nitrogen and oxygen atoms in total. The molecule has 146 valence electrons. The number of sulfonamides is 1. The fourth-order valence-electron chi connectivity index (χ4n) is 2.36. The van der Waals surface area contributed by atoms with E-state index < -0.39 is 15.9 Å². The third-order valence-electron chi connectivity index (χ3n) is 4.01. The summed E-state index contributed by atoms with van der Waals surface area (Å²) < 4.78 is 35.5. The van der Waals surface area contributed by atoms with Gasteiger partial charge in [0.15, 0.2) is 11.5 Å². The van der Waals surface area contributed by atoms with E-state index in [0.717, 1.165) is 16.1 Å². The standard InChI is InChI=1S/C18H21ClN2O5S/c1-11-6-7-12(8-14(11)19)20-18(22)13-9-16(25-3)17(26-4)10-15(13)21(2)27(5,23)24/h6-10H,1-5H3,(H,20,22). The lowest BCUT2D eigenvalue weighted by molar-refractivity contribution is 0.102. The smallest absolute Gasteiger partial charge is 0.257 e. The Balaban J connectivity index is 2.54. The van der Waals surface area contributed by atoms with Crippen molar-refractivity contribution in [3.05, 3.63) is 46.5 Å². The second kappa shape index (κ2) is 8.06. The van der Waals surface area contributed by atoms with Crippen LogP contribution in [-0.4, -0.2) is 41.8 Å². The zero-order valence-electron chi connectivity index (χ0n) is 15.7. The lowest BCUT2D eigenvalue weighted by atomic mass is 10.1. The average Bonchev–Trinajstić information content (AvgIpc) is 2.62. The van der Waals surface area contributed by atoms with Gasteiger partial charge in [0.2, 0.25) is 10.0 Å². The summed E-state index contributed by atoms with van der Waals surface area (Å²) in [5.41, 5.74) is 1.62. The zero-order chi connectivity index (χ0) is 20.4. The number of benzene rings is 2. The molecule has 2 aromatic carbocycles. The molecule has 0 atom stereocenters. The first-order valence-corrected chi connectivity index (χ1v) is 10.1. The van der Waals surface area contributed by atoms with Gasteiger partial charge in [-0.1, -0.05) is 17.7 Å².